The van der Waals surface area contributed by atoms with Gasteiger partial charge in [-0.2, -0.15) is 8.42 Å². The van der Waals surface area contributed by atoms with E-state index in [1.54, 1.807) is 55.6 Å². The standard InChI is InChI=1S/C24H34N4O.C22H34N2O4S.C3H4N2/c1-17-19(15-28-12-11-26-16-28)24(4)9-6-8-23(2,3)21(24)13-20(17)27-22(29)18-7-5-10-25-14-18;1-15-17(14-28-29(5,26)27)22(4)10-7-9-21(2,3)19(22)12-18(15)24-20(25)16-8-6-11-23-13-16;1-2-5-3-4-1/h5,7,10-12,14,16-17,19-21H,6,8-9,13,15H2,1-4H3,(H,27,29);6,8,11,13,15,17-19H,7,9-10,12,14H2,1-5H3,(H,24,25);1-3H,(H,4,5)/t17-,19-,20+,21?,24+;15-,17-,18+,19?,22+;/m00./s1. The molecule has 3 N–H and O–H groups in total. The van der Waals surface area contributed by atoms with Crippen molar-refractivity contribution in [1.29, 1.82) is 0 Å². The molecule has 2 unspecified atom stereocenters. The number of aromatic amines is 1. The molecule has 4 aliphatic rings. The zero-order valence-corrected chi connectivity index (χ0v) is 39.8. The van der Waals surface area contributed by atoms with Crippen molar-refractivity contribution >= 4 is 21.9 Å². The molecule has 0 saturated heterocycles. The molecule has 10 atom stereocenters. The summed E-state index contributed by atoms with van der Waals surface area (Å²) < 4.78 is 31.0. The van der Waals surface area contributed by atoms with E-state index in [9.17, 15) is 18.0 Å². The van der Waals surface area contributed by atoms with E-state index in [1.165, 1.54) is 19.3 Å². The number of imidazole rings is 2. The van der Waals surface area contributed by atoms with Crippen molar-refractivity contribution in [1.82, 2.24) is 40.1 Å². The van der Waals surface area contributed by atoms with Crippen LogP contribution in [0.15, 0.2) is 86.5 Å². The summed E-state index contributed by atoms with van der Waals surface area (Å²) in [6.07, 6.45) is 27.7. The minimum atomic E-state index is -3.52. The highest BCUT2D eigenvalue weighted by Gasteiger charge is 2.58. The van der Waals surface area contributed by atoms with Crippen LogP contribution in [0, 0.1) is 57.2 Å². The van der Waals surface area contributed by atoms with Gasteiger partial charge in [0, 0.05) is 68.2 Å². The number of rotatable bonds is 9. The zero-order valence-electron chi connectivity index (χ0n) is 39.0. The van der Waals surface area contributed by atoms with Gasteiger partial charge in [-0.25, -0.2) is 9.97 Å². The summed E-state index contributed by atoms with van der Waals surface area (Å²) in [6.45, 7) is 19.9. The van der Waals surface area contributed by atoms with Gasteiger partial charge in [0.2, 0.25) is 0 Å². The highest BCUT2D eigenvalue weighted by molar-refractivity contribution is 7.85. The first kappa shape index (κ1) is 48.0. The van der Waals surface area contributed by atoms with Crippen molar-refractivity contribution in [3.63, 3.8) is 0 Å². The summed E-state index contributed by atoms with van der Waals surface area (Å²) in [4.78, 5) is 44.6. The van der Waals surface area contributed by atoms with Crippen LogP contribution >= 0.6 is 0 Å². The Labute approximate surface area is 376 Å². The smallest absolute Gasteiger partial charge is 0.264 e. The molecule has 0 radical (unpaired) electrons. The zero-order chi connectivity index (χ0) is 45.6. The van der Waals surface area contributed by atoms with Crippen LogP contribution in [0.5, 0.6) is 0 Å². The van der Waals surface area contributed by atoms with Gasteiger partial charge in [0.25, 0.3) is 21.9 Å². The number of aromatic nitrogens is 6. The van der Waals surface area contributed by atoms with E-state index in [0.29, 0.717) is 34.8 Å². The monoisotopic (exact) mass is 885 g/mol. The summed E-state index contributed by atoms with van der Waals surface area (Å²) in [5.74, 6) is 1.88. The van der Waals surface area contributed by atoms with Crippen molar-refractivity contribution < 1.29 is 22.2 Å². The first-order chi connectivity index (χ1) is 29.7. The van der Waals surface area contributed by atoms with Crippen LogP contribution in [0.25, 0.3) is 0 Å². The number of nitrogens with one attached hydrogen (secondary N) is 3. The van der Waals surface area contributed by atoms with Crippen molar-refractivity contribution in [3.05, 3.63) is 97.6 Å². The SMILES string of the molecule is C[C@@H]1[C@H](NC(=O)c2cccnc2)CC2C(C)(C)CCC[C@]2(C)[C@H]1COS(C)(=O)=O.C[C@@H]1[C@H](NC(=O)c2cccnc2)CC2C(C)(C)CCC[C@]2(C)[C@H]1Cn1ccnc1.c1c[nH]cn1. The maximum atomic E-state index is 12.9. The Hall–Kier alpha value is -4.43. The van der Waals surface area contributed by atoms with Crippen LogP contribution in [0.2, 0.25) is 0 Å². The molecule has 4 saturated carbocycles. The lowest BCUT2D eigenvalue weighted by Crippen LogP contribution is -2.60. The molecule has 344 valence electrons. The Morgan fingerprint density at radius 1 is 0.746 bits per heavy atom. The number of fused-ring (bicyclic) bond motifs is 2. The van der Waals surface area contributed by atoms with E-state index >= 15 is 0 Å². The molecule has 0 aromatic carbocycles. The summed E-state index contributed by atoms with van der Waals surface area (Å²) >= 11 is 0. The number of hydrogen-bond acceptors (Lipinski definition) is 9. The number of carbonyl (C=O) groups excluding carboxylic acids is 2. The van der Waals surface area contributed by atoms with Crippen LogP contribution in [0.1, 0.15) is 127 Å². The molecule has 4 fully saturated rings. The van der Waals surface area contributed by atoms with Crippen LogP contribution in [0.3, 0.4) is 0 Å². The predicted octanol–water partition coefficient (Wildman–Crippen LogP) is 8.62. The van der Waals surface area contributed by atoms with E-state index in [0.717, 1.165) is 44.9 Å². The fourth-order valence-corrected chi connectivity index (χ4v) is 13.1. The van der Waals surface area contributed by atoms with Gasteiger partial charge in [0.15, 0.2) is 0 Å². The second-order valence-electron chi connectivity index (χ2n) is 20.9. The molecule has 2 amide bonds. The molecule has 4 aromatic rings. The average molecular weight is 885 g/mol. The number of H-pyrrole nitrogens is 1. The van der Waals surface area contributed by atoms with Crippen LogP contribution in [-0.2, 0) is 20.8 Å². The quantitative estimate of drug-likeness (QED) is 0.139. The van der Waals surface area contributed by atoms with Gasteiger partial charge < -0.3 is 20.2 Å². The van der Waals surface area contributed by atoms with Crippen molar-refractivity contribution in [3.8, 4) is 0 Å². The van der Waals surface area contributed by atoms with Gasteiger partial charge in [-0.05, 0) is 120 Å². The number of amides is 2. The van der Waals surface area contributed by atoms with Gasteiger partial charge in [0.05, 0.1) is 36.6 Å². The average Bonchev–Trinajstić information content (AvgIpc) is 4.00. The molecule has 63 heavy (non-hydrogen) atoms. The van der Waals surface area contributed by atoms with Crippen molar-refractivity contribution in [2.75, 3.05) is 12.9 Å². The molecule has 13 nitrogen and oxygen atoms in total. The number of carbonyl (C=O) groups is 2. The fraction of sp³-hybridized carbons (Fsp3) is 0.633. The van der Waals surface area contributed by atoms with Gasteiger partial charge in [-0.1, -0.05) is 68.2 Å². The highest BCUT2D eigenvalue weighted by atomic mass is 32.2. The number of pyridine rings is 2. The minimum absolute atomic E-state index is 0.00597. The second kappa shape index (κ2) is 19.8. The third-order valence-corrected chi connectivity index (χ3v) is 16.6. The molecular weight excluding hydrogens is 813 g/mol. The summed E-state index contributed by atoms with van der Waals surface area (Å²) in [7, 11) is -3.52. The lowest BCUT2D eigenvalue weighted by Gasteiger charge is -2.61. The van der Waals surface area contributed by atoms with Crippen LogP contribution in [-0.4, -0.2) is 74.7 Å². The molecule has 4 aromatic heterocycles. The molecular formula is C49H72N8O5S. The van der Waals surface area contributed by atoms with E-state index < -0.39 is 10.1 Å². The van der Waals surface area contributed by atoms with Gasteiger partial charge in [0.1, 0.15) is 0 Å². The van der Waals surface area contributed by atoms with Crippen molar-refractivity contribution in [2.45, 2.75) is 125 Å². The fourth-order valence-electron chi connectivity index (χ4n) is 12.7. The number of nitrogens with zero attached hydrogens (tertiary/aromatic N) is 5. The molecule has 0 bridgehead atoms. The van der Waals surface area contributed by atoms with E-state index in [1.807, 2.05) is 24.7 Å². The number of hydrogen-bond donors (Lipinski definition) is 3. The Balaban J connectivity index is 0.000000188. The maximum Gasteiger partial charge on any atom is 0.264 e. The molecule has 4 heterocycles. The molecule has 4 aliphatic carbocycles. The van der Waals surface area contributed by atoms with E-state index in [2.05, 4.69) is 102 Å². The third-order valence-electron chi connectivity index (χ3n) is 16.1. The Bertz CT molecular complexity index is 2150. The first-order valence-corrected chi connectivity index (χ1v) is 24.7. The van der Waals surface area contributed by atoms with Gasteiger partial charge in [-0.3, -0.25) is 23.7 Å². The van der Waals surface area contributed by atoms with Crippen LogP contribution in [0.4, 0.5) is 0 Å². The normalized spacial score (nSPS) is 31.9. The highest BCUT2D eigenvalue weighted by Crippen LogP contribution is 2.62. The molecule has 14 heteroatoms. The maximum absolute atomic E-state index is 12.9. The third kappa shape index (κ3) is 11.3. The Morgan fingerprint density at radius 3 is 1.68 bits per heavy atom. The van der Waals surface area contributed by atoms with E-state index in [4.69, 9.17) is 4.18 Å². The van der Waals surface area contributed by atoms with E-state index in [-0.39, 0.29) is 64.0 Å². The van der Waals surface area contributed by atoms with Crippen LogP contribution < -0.4 is 10.6 Å². The minimum Gasteiger partial charge on any atom is -0.351 e. The van der Waals surface area contributed by atoms with Gasteiger partial charge >= 0.3 is 0 Å². The predicted molar refractivity (Wildman–Crippen MR) is 246 cm³/mol. The topological polar surface area (TPSA) is 174 Å². The lowest BCUT2D eigenvalue weighted by molar-refractivity contribution is -0.115. The summed E-state index contributed by atoms with van der Waals surface area (Å²) in [5, 5.41) is 6.59. The molecule has 8 rings (SSSR count). The molecule has 0 aliphatic heterocycles. The largest absolute Gasteiger partial charge is 0.351 e. The first-order valence-electron chi connectivity index (χ1n) is 22.9. The van der Waals surface area contributed by atoms with Gasteiger partial charge in [-0.15, -0.1) is 0 Å². The molecule has 0 spiro atoms. The second-order valence-corrected chi connectivity index (χ2v) is 22.5. The summed E-state index contributed by atoms with van der Waals surface area (Å²) in [5.41, 5.74) is 1.87. The Kier molecular flexibility index (Phi) is 15.1. The summed E-state index contributed by atoms with van der Waals surface area (Å²) in [6, 6.07) is 7.31. The van der Waals surface area contributed by atoms with Crippen molar-refractivity contribution in [2.24, 2.45) is 57.2 Å². The lowest BCUT2D eigenvalue weighted by atomic mass is 9.45. The Morgan fingerprint density at radius 2 is 1.27 bits per heavy atom.